The van der Waals surface area contributed by atoms with Crippen LogP contribution in [0.3, 0.4) is 0 Å². The molecule has 0 radical (unpaired) electrons. The summed E-state index contributed by atoms with van der Waals surface area (Å²) in [6, 6.07) is 0.305. The van der Waals surface area contributed by atoms with E-state index in [1.54, 1.807) is 12.4 Å². The molecule has 124 valence electrons. The Bertz CT molecular complexity index is 570. The van der Waals surface area contributed by atoms with Gasteiger partial charge in [0.25, 0.3) is 0 Å². The molecular formula is C16H24N6O. The lowest BCUT2D eigenvalue weighted by Crippen LogP contribution is -2.44. The third-order valence-electron chi connectivity index (χ3n) is 5.55. The Morgan fingerprint density at radius 3 is 2.61 bits per heavy atom. The summed E-state index contributed by atoms with van der Waals surface area (Å²) in [5.74, 6) is 2.12. The summed E-state index contributed by atoms with van der Waals surface area (Å²) >= 11 is 0. The van der Waals surface area contributed by atoms with Gasteiger partial charge in [-0.2, -0.15) is 0 Å². The van der Waals surface area contributed by atoms with Crippen LogP contribution in [0.25, 0.3) is 0 Å². The highest BCUT2D eigenvalue weighted by Gasteiger charge is 2.47. The van der Waals surface area contributed by atoms with Crippen molar-refractivity contribution in [1.82, 2.24) is 15.3 Å². The predicted octanol–water partition coefficient (Wildman–Crippen LogP) is 0.198. The first kappa shape index (κ1) is 14.8. The first-order chi connectivity index (χ1) is 11.2. The third-order valence-corrected chi connectivity index (χ3v) is 5.55. The summed E-state index contributed by atoms with van der Waals surface area (Å²) in [6.45, 7) is 3.73. The quantitative estimate of drug-likeness (QED) is 0.737. The minimum atomic E-state index is 0.0881. The average molecular weight is 316 g/mol. The highest BCUT2D eigenvalue weighted by molar-refractivity contribution is 5.92. The lowest BCUT2D eigenvalue weighted by atomic mass is 9.72. The molecule has 4 rings (SSSR count). The summed E-state index contributed by atoms with van der Waals surface area (Å²) < 4.78 is 0. The van der Waals surface area contributed by atoms with E-state index in [9.17, 15) is 4.79 Å². The average Bonchev–Trinajstić information content (AvgIpc) is 2.94. The molecule has 4 N–H and O–H groups in total. The molecule has 0 aromatic carbocycles. The van der Waals surface area contributed by atoms with E-state index in [1.807, 2.05) is 0 Å². The molecule has 2 heterocycles. The first-order valence-electron chi connectivity index (χ1n) is 8.55. The van der Waals surface area contributed by atoms with E-state index < -0.39 is 0 Å². The van der Waals surface area contributed by atoms with Crippen LogP contribution in [0.5, 0.6) is 0 Å². The number of nitrogens with two attached hydrogens (primary N) is 1. The molecule has 0 spiro atoms. The number of rotatable bonds is 3. The maximum absolute atomic E-state index is 12.4. The van der Waals surface area contributed by atoms with Crippen LogP contribution in [0.4, 0.5) is 11.6 Å². The van der Waals surface area contributed by atoms with Crippen LogP contribution in [0.2, 0.25) is 0 Å². The van der Waals surface area contributed by atoms with Gasteiger partial charge in [-0.05, 0) is 31.1 Å². The summed E-state index contributed by atoms with van der Waals surface area (Å²) in [5, 5.41) is 6.27. The molecule has 3 aliphatic rings. The van der Waals surface area contributed by atoms with Gasteiger partial charge >= 0.3 is 0 Å². The van der Waals surface area contributed by atoms with E-state index in [1.165, 1.54) is 0 Å². The summed E-state index contributed by atoms with van der Waals surface area (Å²) in [6.07, 6.45) is 6.40. The molecule has 1 aromatic rings. The Kier molecular flexibility index (Phi) is 3.90. The molecule has 0 bridgehead atoms. The van der Waals surface area contributed by atoms with Crippen LogP contribution in [-0.4, -0.2) is 48.1 Å². The van der Waals surface area contributed by atoms with Gasteiger partial charge in [0, 0.05) is 38.1 Å². The van der Waals surface area contributed by atoms with Crippen molar-refractivity contribution in [2.75, 3.05) is 36.4 Å². The van der Waals surface area contributed by atoms with Crippen LogP contribution in [-0.2, 0) is 4.79 Å². The van der Waals surface area contributed by atoms with Crippen molar-refractivity contribution in [2.24, 2.45) is 23.5 Å². The fourth-order valence-electron chi connectivity index (χ4n) is 4.15. The molecule has 2 saturated carbocycles. The number of fused-ring (bicyclic) bond motifs is 1. The SMILES string of the molecule is N[C@@H]1C[C@@H]2CC(C(=O)Nc3cnc(N4CCNCC4)nc3)C[C@@H]21. The van der Waals surface area contributed by atoms with Gasteiger partial charge in [-0.15, -0.1) is 0 Å². The fourth-order valence-corrected chi connectivity index (χ4v) is 4.15. The van der Waals surface area contributed by atoms with Crippen LogP contribution in [0, 0.1) is 17.8 Å². The molecule has 3 fully saturated rings. The van der Waals surface area contributed by atoms with Crippen molar-refractivity contribution in [1.29, 1.82) is 0 Å². The van der Waals surface area contributed by atoms with Gasteiger partial charge in [-0.3, -0.25) is 4.79 Å². The number of carbonyl (C=O) groups excluding carboxylic acids is 1. The maximum atomic E-state index is 12.4. The number of piperazine rings is 1. The zero-order chi connectivity index (χ0) is 15.8. The Labute approximate surface area is 136 Å². The minimum Gasteiger partial charge on any atom is -0.338 e. The Morgan fingerprint density at radius 1 is 1.22 bits per heavy atom. The zero-order valence-electron chi connectivity index (χ0n) is 13.2. The molecule has 1 aliphatic heterocycles. The molecule has 23 heavy (non-hydrogen) atoms. The van der Waals surface area contributed by atoms with E-state index >= 15 is 0 Å². The number of nitrogens with one attached hydrogen (secondary N) is 2. The molecule has 1 aromatic heterocycles. The number of aromatic nitrogens is 2. The zero-order valence-corrected chi connectivity index (χ0v) is 13.2. The standard InChI is InChI=1S/C16H24N6O/c17-14-7-10-5-11(6-13(10)14)15(23)21-12-8-19-16(20-9-12)22-3-1-18-2-4-22/h8-11,13-14,18H,1-7,17H2,(H,21,23)/t10-,11?,13-,14+/m0/s1. The first-order valence-corrected chi connectivity index (χ1v) is 8.55. The highest BCUT2D eigenvalue weighted by Crippen LogP contribution is 2.49. The number of nitrogens with zero attached hydrogens (tertiary/aromatic N) is 3. The van der Waals surface area contributed by atoms with Crippen molar-refractivity contribution in [3.05, 3.63) is 12.4 Å². The van der Waals surface area contributed by atoms with E-state index in [-0.39, 0.29) is 11.8 Å². The monoisotopic (exact) mass is 316 g/mol. The molecule has 2 aliphatic carbocycles. The fraction of sp³-hybridized carbons (Fsp3) is 0.688. The van der Waals surface area contributed by atoms with Gasteiger partial charge < -0.3 is 21.3 Å². The van der Waals surface area contributed by atoms with Crippen molar-refractivity contribution in [3.63, 3.8) is 0 Å². The number of carbonyl (C=O) groups is 1. The lowest BCUT2D eigenvalue weighted by molar-refractivity contribution is -0.119. The van der Waals surface area contributed by atoms with Crippen LogP contribution in [0.15, 0.2) is 12.4 Å². The number of anilines is 2. The van der Waals surface area contributed by atoms with Crippen molar-refractivity contribution in [3.8, 4) is 0 Å². The molecular weight excluding hydrogens is 292 g/mol. The normalized spacial score (nSPS) is 33.0. The van der Waals surface area contributed by atoms with Crippen LogP contribution in [0.1, 0.15) is 19.3 Å². The summed E-state index contributed by atoms with van der Waals surface area (Å²) in [4.78, 5) is 23.3. The van der Waals surface area contributed by atoms with Crippen molar-refractivity contribution in [2.45, 2.75) is 25.3 Å². The molecule has 7 heteroatoms. The largest absolute Gasteiger partial charge is 0.338 e. The Balaban J connectivity index is 1.34. The van der Waals surface area contributed by atoms with E-state index in [0.29, 0.717) is 23.6 Å². The maximum Gasteiger partial charge on any atom is 0.227 e. The van der Waals surface area contributed by atoms with Crippen molar-refractivity contribution < 1.29 is 4.79 Å². The van der Waals surface area contributed by atoms with Gasteiger partial charge in [-0.1, -0.05) is 0 Å². The van der Waals surface area contributed by atoms with E-state index in [4.69, 9.17) is 5.73 Å². The van der Waals surface area contributed by atoms with E-state index in [2.05, 4.69) is 25.5 Å². The highest BCUT2D eigenvalue weighted by atomic mass is 16.1. The van der Waals surface area contributed by atoms with Crippen molar-refractivity contribution >= 4 is 17.5 Å². The smallest absolute Gasteiger partial charge is 0.227 e. The van der Waals surface area contributed by atoms with Gasteiger partial charge in [-0.25, -0.2) is 9.97 Å². The Morgan fingerprint density at radius 2 is 1.96 bits per heavy atom. The summed E-state index contributed by atoms with van der Waals surface area (Å²) in [7, 11) is 0. The van der Waals surface area contributed by atoms with Gasteiger partial charge in [0.1, 0.15) is 0 Å². The molecule has 1 saturated heterocycles. The summed E-state index contributed by atoms with van der Waals surface area (Å²) in [5.41, 5.74) is 6.68. The van der Waals surface area contributed by atoms with Gasteiger partial charge in [0.05, 0.1) is 18.1 Å². The minimum absolute atomic E-state index is 0.0881. The molecule has 1 amide bonds. The van der Waals surface area contributed by atoms with E-state index in [0.717, 1.165) is 51.4 Å². The van der Waals surface area contributed by atoms with Gasteiger partial charge in [0.15, 0.2) is 0 Å². The van der Waals surface area contributed by atoms with Gasteiger partial charge in [0.2, 0.25) is 11.9 Å². The molecule has 4 atom stereocenters. The Hall–Kier alpha value is -1.73. The predicted molar refractivity (Wildman–Crippen MR) is 88.0 cm³/mol. The number of amides is 1. The number of hydrogen-bond donors (Lipinski definition) is 3. The molecule has 7 nitrogen and oxygen atoms in total. The lowest BCUT2D eigenvalue weighted by Gasteiger charge is -2.37. The van der Waals surface area contributed by atoms with Crippen LogP contribution < -0.4 is 21.3 Å². The second-order valence-electron chi connectivity index (χ2n) is 6.99. The molecule has 1 unspecified atom stereocenters. The second-order valence-corrected chi connectivity index (χ2v) is 6.99. The van der Waals surface area contributed by atoms with Crippen LogP contribution >= 0.6 is 0 Å². The topological polar surface area (TPSA) is 96.2 Å². The number of hydrogen-bond acceptors (Lipinski definition) is 6. The third kappa shape index (κ3) is 2.90. The second kappa shape index (κ2) is 6.05.